The molecule has 3 heteroatoms. The molecule has 70 valence electrons. The van der Waals surface area contributed by atoms with Crippen LogP contribution in [0.5, 0.6) is 0 Å². The highest BCUT2D eigenvalue weighted by Crippen LogP contribution is 2.21. The van der Waals surface area contributed by atoms with Gasteiger partial charge in [-0.1, -0.05) is 6.07 Å². The van der Waals surface area contributed by atoms with Gasteiger partial charge >= 0.3 is 0 Å². The molecule has 1 aromatic heterocycles. The van der Waals surface area contributed by atoms with E-state index in [1.54, 1.807) is 12.1 Å². The van der Waals surface area contributed by atoms with Gasteiger partial charge in [0.25, 0.3) is 0 Å². The zero-order valence-corrected chi connectivity index (χ0v) is 7.79. The average molecular weight is 188 g/mol. The summed E-state index contributed by atoms with van der Waals surface area (Å²) in [5, 5.41) is 9.17. The summed E-state index contributed by atoms with van der Waals surface area (Å²) in [5.74, 6) is -0.234. The zero-order chi connectivity index (χ0) is 10.1. The van der Waals surface area contributed by atoms with Gasteiger partial charge in [0, 0.05) is 18.1 Å². The van der Waals surface area contributed by atoms with E-state index in [1.165, 1.54) is 6.07 Å². The van der Waals surface area contributed by atoms with Crippen LogP contribution in [0.1, 0.15) is 5.69 Å². The van der Waals surface area contributed by atoms with Crippen LogP contribution >= 0.6 is 0 Å². The van der Waals surface area contributed by atoms with Gasteiger partial charge in [-0.2, -0.15) is 5.26 Å². The summed E-state index contributed by atoms with van der Waals surface area (Å²) in [4.78, 5) is 0. The van der Waals surface area contributed by atoms with Crippen molar-refractivity contribution in [2.75, 3.05) is 0 Å². The topological polar surface area (TPSA) is 28.7 Å². The number of hydrogen-bond acceptors (Lipinski definition) is 1. The molecule has 2 aromatic rings. The summed E-state index contributed by atoms with van der Waals surface area (Å²) in [6.07, 6.45) is 0.310. The fraction of sp³-hybridized carbons (Fsp3) is 0.182. The number of nitriles is 1. The van der Waals surface area contributed by atoms with Crippen molar-refractivity contribution in [1.82, 2.24) is 4.57 Å². The molecular formula is C11H9FN2. The molecule has 2 rings (SSSR count). The minimum Gasteiger partial charge on any atom is -0.347 e. The molecule has 0 saturated heterocycles. The third kappa shape index (κ3) is 1.16. The molecule has 0 aliphatic rings. The van der Waals surface area contributed by atoms with Crippen LogP contribution in [0.25, 0.3) is 10.9 Å². The molecule has 1 heterocycles. The second kappa shape index (κ2) is 3.15. The normalized spacial score (nSPS) is 10.4. The molecular weight excluding hydrogens is 179 g/mol. The van der Waals surface area contributed by atoms with Crippen molar-refractivity contribution in [2.45, 2.75) is 6.42 Å². The summed E-state index contributed by atoms with van der Waals surface area (Å²) in [6, 6.07) is 8.74. The first-order valence-corrected chi connectivity index (χ1v) is 4.34. The third-order valence-electron chi connectivity index (χ3n) is 2.39. The zero-order valence-electron chi connectivity index (χ0n) is 7.79. The van der Waals surface area contributed by atoms with E-state index in [2.05, 4.69) is 6.07 Å². The van der Waals surface area contributed by atoms with E-state index < -0.39 is 0 Å². The Hall–Kier alpha value is -1.82. The molecule has 0 atom stereocenters. The molecule has 0 fully saturated rings. The first-order chi connectivity index (χ1) is 6.74. The van der Waals surface area contributed by atoms with Crippen LogP contribution in [0.2, 0.25) is 0 Å². The van der Waals surface area contributed by atoms with Crippen LogP contribution < -0.4 is 0 Å². The Morgan fingerprint density at radius 1 is 1.50 bits per heavy atom. The van der Waals surface area contributed by atoms with Gasteiger partial charge < -0.3 is 4.57 Å². The summed E-state index contributed by atoms with van der Waals surface area (Å²) < 4.78 is 15.2. The molecule has 0 amide bonds. The molecule has 0 bridgehead atoms. The lowest BCUT2D eigenvalue weighted by Gasteiger charge is -1.98. The number of aryl methyl sites for hydroxylation is 1. The van der Waals surface area contributed by atoms with E-state index in [0.29, 0.717) is 11.8 Å². The van der Waals surface area contributed by atoms with E-state index in [1.807, 2.05) is 17.7 Å². The van der Waals surface area contributed by atoms with Crippen LogP contribution in [0.3, 0.4) is 0 Å². The highest BCUT2D eigenvalue weighted by molar-refractivity contribution is 5.82. The van der Waals surface area contributed by atoms with E-state index in [-0.39, 0.29) is 5.82 Å². The Labute approximate surface area is 81.2 Å². The summed E-state index contributed by atoms with van der Waals surface area (Å²) in [6.45, 7) is 0. The molecule has 2 nitrogen and oxygen atoms in total. The van der Waals surface area contributed by atoms with Crippen LogP contribution in [-0.2, 0) is 13.5 Å². The number of fused-ring (bicyclic) bond motifs is 1. The van der Waals surface area contributed by atoms with Crippen molar-refractivity contribution < 1.29 is 4.39 Å². The number of nitrogens with zero attached hydrogens (tertiary/aromatic N) is 2. The number of hydrogen-bond donors (Lipinski definition) is 0. The Morgan fingerprint density at radius 2 is 2.29 bits per heavy atom. The van der Waals surface area contributed by atoms with Crippen LogP contribution in [0.4, 0.5) is 4.39 Å². The van der Waals surface area contributed by atoms with Gasteiger partial charge in [0.2, 0.25) is 0 Å². The van der Waals surface area contributed by atoms with Gasteiger partial charge in [-0.25, -0.2) is 4.39 Å². The first kappa shape index (κ1) is 8.76. The maximum Gasteiger partial charge on any atom is 0.132 e. The van der Waals surface area contributed by atoms with E-state index in [9.17, 15) is 4.39 Å². The van der Waals surface area contributed by atoms with E-state index in [4.69, 9.17) is 5.26 Å². The lowest BCUT2D eigenvalue weighted by molar-refractivity contribution is 0.640. The Balaban J connectivity index is 2.74. The summed E-state index contributed by atoms with van der Waals surface area (Å²) >= 11 is 0. The van der Waals surface area contributed by atoms with Crippen molar-refractivity contribution in [2.24, 2.45) is 7.05 Å². The lowest BCUT2D eigenvalue weighted by Crippen LogP contribution is -1.93. The highest BCUT2D eigenvalue weighted by Gasteiger charge is 2.07. The minimum atomic E-state index is -0.234. The predicted molar refractivity (Wildman–Crippen MR) is 52.2 cm³/mol. The second-order valence-corrected chi connectivity index (χ2v) is 3.20. The van der Waals surface area contributed by atoms with Crippen molar-refractivity contribution in [1.29, 1.82) is 5.26 Å². The first-order valence-electron chi connectivity index (χ1n) is 4.34. The van der Waals surface area contributed by atoms with Gasteiger partial charge in [0.1, 0.15) is 5.82 Å². The molecule has 0 N–H and O–H groups in total. The van der Waals surface area contributed by atoms with Crippen LogP contribution in [0, 0.1) is 17.1 Å². The van der Waals surface area contributed by atoms with Gasteiger partial charge in [0.15, 0.2) is 0 Å². The smallest absolute Gasteiger partial charge is 0.132 e. The van der Waals surface area contributed by atoms with Gasteiger partial charge in [-0.15, -0.1) is 0 Å². The Bertz CT molecular complexity index is 520. The van der Waals surface area contributed by atoms with Gasteiger partial charge in [-0.3, -0.25) is 0 Å². The molecule has 0 aliphatic heterocycles. The Morgan fingerprint density at radius 3 is 2.93 bits per heavy atom. The number of aromatic nitrogens is 1. The quantitative estimate of drug-likeness (QED) is 0.675. The molecule has 0 unspecified atom stereocenters. The SMILES string of the molecule is Cn1c(CC#N)cc2c(F)cccc21. The molecule has 0 spiro atoms. The van der Waals surface area contributed by atoms with Gasteiger partial charge in [-0.05, 0) is 18.2 Å². The standard InChI is InChI=1S/C11H9FN2/c1-14-8(5-6-13)7-9-10(12)3-2-4-11(9)14/h2-4,7H,5H2,1H3. The summed E-state index contributed by atoms with van der Waals surface area (Å²) in [5.41, 5.74) is 1.67. The second-order valence-electron chi connectivity index (χ2n) is 3.20. The predicted octanol–water partition coefficient (Wildman–Crippen LogP) is 2.38. The van der Waals surface area contributed by atoms with Crippen molar-refractivity contribution >= 4 is 10.9 Å². The van der Waals surface area contributed by atoms with Crippen LogP contribution in [-0.4, -0.2) is 4.57 Å². The van der Waals surface area contributed by atoms with Crippen molar-refractivity contribution in [3.63, 3.8) is 0 Å². The van der Waals surface area contributed by atoms with Crippen LogP contribution in [0.15, 0.2) is 24.3 Å². The molecule has 0 radical (unpaired) electrons. The van der Waals surface area contributed by atoms with Crippen molar-refractivity contribution in [3.05, 3.63) is 35.8 Å². The average Bonchev–Trinajstić information content (AvgIpc) is 2.48. The fourth-order valence-corrected chi connectivity index (χ4v) is 1.63. The third-order valence-corrected chi connectivity index (χ3v) is 2.39. The molecule has 1 aromatic carbocycles. The summed E-state index contributed by atoms with van der Waals surface area (Å²) in [7, 11) is 1.84. The fourth-order valence-electron chi connectivity index (χ4n) is 1.63. The number of benzene rings is 1. The molecule has 0 saturated carbocycles. The van der Waals surface area contributed by atoms with Crippen molar-refractivity contribution in [3.8, 4) is 6.07 Å². The van der Waals surface area contributed by atoms with Gasteiger partial charge in [0.05, 0.1) is 18.0 Å². The monoisotopic (exact) mass is 188 g/mol. The largest absolute Gasteiger partial charge is 0.347 e. The molecule has 0 aliphatic carbocycles. The minimum absolute atomic E-state index is 0.234. The maximum absolute atomic E-state index is 13.3. The Kier molecular flexibility index (Phi) is 1.97. The van der Waals surface area contributed by atoms with E-state index in [0.717, 1.165) is 11.2 Å². The van der Waals surface area contributed by atoms with E-state index >= 15 is 0 Å². The number of rotatable bonds is 1. The lowest BCUT2D eigenvalue weighted by atomic mass is 10.2. The highest BCUT2D eigenvalue weighted by atomic mass is 19.1. The number of halogens is 1. The molecule has 14 heavy (non-hydrogen) atoms. The maximum atomic E-state index is 13.3.